The molecule has 27 heavy (non-hydrogen) atoms. The molecule has 1 aliphatic rings. The molecule has 6 nitrogen and oxygen atoms in total. The third kappa shape index (κ3) is 5.11. The number of nitrogens with zero attached hydrogens (tertiary/aromatic N) is 2. The van der Waals surface area contributed by atoms with Crippen LogP contribution in [0.15, 0.2) is 57.1 Å². The predicted molar refractivity (Wildman–Crippen MR) is 112 cm³/mol. The van der Waals surface area contributed by atoms with E-state index in [4.69, 9.17) is 9.47 Å². The topological polar surface area (TPSA) is 72.3 Å². The largest absolute Gasteiger partial charge is 0.493 e. The van der Waals surface area contributed by atoms with Gasteiger partial charge in [-0.25, -0.2) is 0 Å². The molecule has 0 unspecified atom stereocenters. The number of amidine groups is 1. The van der Waals surface area contributed by atoms with Crippen LogP contribution in [-0.4, -0.2) is 36.8 Å². The molecular formula is C19H18BrN3O3S. The molecule has 3 rings (SSSR count). The summed E-state index contributed by atoms with van der Waals surface area (Å²) in [7, 11) is 3.16. The minimum atomic E-state index is -0.207. The Morgan fingerprint density at radius 3 is 2.59 bits per heavy atom. The van der Waals surface area contributed by atoms with Crippen LogP contribution in [0, 0.1) is 0 Å². The third-order valence-electron chi connectivity index (χ3n) is 3.87. The summed E-state index contributed by atoms with van der Waals surface area (Å²) in [5.74, 6) is 1.21. The molecule has 0 saturated carbocycles. The second-order valence-electron chi connectivity index (χ2n) is 5.69. The lowest BCUT2D eigenvalue weighted by Crippen LogP contribution is -2.25. The van der Waals surface area contributed by atoms with E-state index in [9.17, 15) is 4.79 Å². The molecule has 0 aliphatic carbocycles. The van der Waals surface area contributed by atoms with E-state index in [1.54, 1.807) is 32.6 Å². The van der Waals surface area contributed by atoms with Crippen LogP contribution in [0.4, 0.5) is 0 Å². The summed E-state index contributed by atoms with van der Waals surface area (Å²) < 4.78 is 11.5. The van der Waals surface area contributed by atoms with Gasteiger partial charge < -0.3 is 14.8 Å². The van der Waals surface area contributed by atoms with Gasteiger partial charge in [-0.3, -0.25) is 4.79 Å². The van der Waals surface area contributed by atoms with Crippen LogP contribution in [0.25, 0.3) is 0 Å². The zero-order valence-corrected chi connectivity index (χ0v) is 17.2. The fourth-order valence-electron chi connectivity index (χ4n) is 2.50. The number of carbonyl (C=O) groups excluding carboxylic acids is 1. The van der Waals surface area contributed by atoms with E-state index >= 15 is 0 Å². The second kappa shape index (κ2) is 9.05. The molecule has 0 spiro atoms. The van der Waals surface area contributed by atoms with E-state index in [0.717, 1.165) is 15.6 Å². The molecule has 2 aromatic rings. The predicted octanol–water partition coefficient (Wildman–Crippen LogP) is 3.63. The Morgan fingerprint density at radius 2 is 1.89 bits per heavy atom. The van der Waals surface area contributed by atoms with Crippen LogP contribution in [-0.2, 0) is 11.2 Å². The number of carbonyl (C=O) groups is 1. The van der Waals surface area contributed by atoms with Gasteiger partial charge in [-0.15, -0.1) is 5.10 Å². The van der Waals surface area contributed by atoms with Crippen molar-refractivity contribution in [3.8, 4) is 11.5 Å². The average molecular weight is 448 g/mol. The maximum Gasteiger partial charge on any atom is 0.239 e. The molecule has 1 heterocycles. The van der Waals surface area contributed by atoms with Gasteiger partial charge in [-0.05, 0) is 47.9 Å². The molecule has 0 aromatic heterocycles. The molecule has 8 heteroatoms. The number of benzene rings is 2. The van der Waals surface area contributed by atoms with E-state index in [-0.39, 0.29) is 11.2 Å². The molecule has 0 radical (unpaired) electrons. The van der Waals surface area contributed by atoms with Gasteiger partial charge in [-0.2, -0.15) is 5.10 Å². The van der Waals surface area contributed by atoms with E-state index in [1.165, 1.54) is 11.8 Å². The number of halogens is 1. The molecule has 1 saturated heterocycles. The van der Waals surface area contributed by atoms with Gasteiger partial charge in [0, 0.05) is 4.47 Å². The zero-order valence-electron chi connectivity index (χ0n) is 14.8. The van der Waals surface area contributed by atoms with Gasteiger partial charge in [0.15, 0.2) is 16.7 Å². The molecule has 1 amide bonds. The van der Waals surface area contributed by atoms with Crippen molar-refractivity contribution in [1.82, 2.24) is 5.32 Å². The highest BCUT2D eigenvalue weighted by atomic mass is 79.9. The molecular weight excluding hydrogens is 430 g/mol. The van der Waals surface area contributed by atoms with Crippen molar-refractivity contribution < 1.29 is 14.3 Å². The lowest BCUT2D eigenvalue weighted by molar-refractivity contribution is -0.118. The van der Waals surface area contributed by atoms with Crippen molar-refractivity contribution in [2.24, 2.45) is 10.2 Å². The molecule has 0 bridgehead atoms. The minimum Gasteiger partial charge on any atom is -0.493 e. The minimum absolute atomic E-state index is 0.0528. The van der Waals surface area contributed by atoms with Crippen molar-refractivity contribution in [3.05, 3.63) is 58.1 Å². The van der Waals surface area contributed by atoms with Crippen LogP contribution >= 0.6 is 27.7 Å². The monoisotopic (exact) mass is 447 g/mol. The number of methoxy groups -OCH3 is 2. The highest BCUT2D eigenvalue weighted by molar-refractivity contribution is 9.10. The summed E-state index contributed by atoms with van der Waals surface area (Å²) in [6, 6.07) is 13.4. The SMILES string of the molecule is COc1ccc(/C=N\N=C2\NC(=O)[C@H](Cc3ccc(Br)cc3)S2)cc1OC. The Morgan fingerprint density at radius 1 is 1.15 bits per heavy atom. The molecule has 2 aromatic carbocycles. The summed E-state index contributed by atoms with van der Waals surface area (Å²) in [4.78, 5) is 12.1. The van der Waals surface area contributed by atoms with E-state index in [0.29, 0.717) is 23.1 Å². The van der Waals surface area contributed by atoms with Crippen molar-refractivity contribution in [2.75, 3.05) is 14.2 Å². The number of thioether (sulfide) groups is 1. The van der Waals surface area contributed by atoms with Crippen LogP contribution < -0.4 is 14.8 Å². The smallest absolute Gasteiger partial charge is 0.239 e. The van der Waals surface area contributed by atoms with Crippen molar-refractivity contribution >= 4 is 45.0 Å². The van der Waals surface area contributed by atoms with Gasteiger partial charge in [0.2, 0.25) is 5.91 Å². The Balaban J connectivity index is 1.63. The quantitative estimate of drug-likeness (QED) is 0.541. The van der Waals surface area contributed by atoms with Crippen molar-refractivity contribution in [1.29, 1.82) is 0 Å². The summed E-state index contributed by atoms with van der Waals surface area (Å²) >= 11 is 4.80. The fourth-order valence-corrected chi connectivity index (χ4v) is 3.73. The first-order valence-electron chi connectivity index (χ1n) is 8.14. The Hall–Kier alpha value is -2.32. The van der Waals surface area contributed by atoms with Gasteiger partial charge in [0.25, 0.3) is 0 Å². The lowest BCUT2D eigenvalue weighted by atomic mass is 10.1. The first kappa shape index (κ1) is 19.4. The number of hydrogen-bond acceptors (Lipinski definition) is 6. The van der Waals surface area contributed by atoms with Gasteiger partial charge in [-0.1, -0.05) is 39.8 Å². The maximum absolute atomic E-state index is 12.1. The molecule has 1 atom stereocenters. The van der Waals surface area contributed by atoms with Gasteiger partial charge in [0.1, 0.15) is 0 Å². The maximum atomic E-state index is 12.1. The number of amides is 1. The highest BCUT2D eigenvalue weighted by Gasteiger charge is 2.30. The first-order valence-corrected chi connectivity index (χ1v) is 9.81. The number of hydrogen-bond donors (Lipinski definition) is 1. The molecule has 140 valence electrons. The van der Waals surface area contributed by atoms with E-state index < -0.39 is 0 Å². The molecule has 1 aliphatic heterocycles. The first-order chi connectivity index (χ1) is 13.1. The van der Waals surface area contributed by atoms with Gasteiger partial charge in [0.05, 0.1) is 25.7 Å². The third-order valence-corrected chi connectivity index (χ3v) is 5.47. The van der Waals surface area contributed by atoms with Gasteiger partial charge >= 0.3 is 0 Å². The standard InChI is InChI=1S/C19H18BrN3O3S/c1-25-15-8-5-13(9-16(15)26-2)11-21-23-19-22-18(24)17(27-19)10-12-3-6-14(20)7-4-12/h3-9,11,17H,10H2,1-2H3,(H,22,23,24)/b21-11-/t17-/m0/s1. The van der Waals surface area contributed by atoms with Crippen LogP contribution in [0.2, 0.25) is 0 Å². The van der Waals surface area contributed by atoms with Crippen molar-refractivity contribution in [3.63, 3.8) is 0 Å². The molecule has 1 N–H and O–H groups in total. The number of rotatable bonds is 6. The summed E-state index contributed by atoms with van der Waals surface area (Å²) in [5.41, 5.74) is 1.92. The fraction of sp³-hybridized carbons (Fsp3) is 0.211. The number of ether oxygens (including phenoxy) is 2. The Bertz CT molecular complexity index is 884. The van der Waals surface area contributed by atoms with Crippen LogP contribution in [0.3, 0.4) is 0 Å². The Labute approximate surface area is 170 Å². The van der Waals surface area contributed by atoms with E-state index in [2.05, 4.69) is 31.4 Å². The normalized spacial score (nSPS) is 18.1. The second-order valence-corrected chi connectivity index (χ2v) is 7.80. The lowest BCUT2D eigenvalue weighted by Gasteiger charge is -2.07. The van der Waals surface area contributed by atoms with E-state index in [1.807, 2.05) is 30.3 Å². The summed E-state index contributed by atoms with van der Waals surface area (Å²) in [6.07, 6.45) is 2.24. The number of nitrogens with one attached hydrogen (secondary N) is 1. The summed E-state index contributed by atoms with van der Waals surface area (Å²) in [5, 5.41) is 11.2. The zero-order chi connectivity index (χ0) is 19.2. The summed E-state index contributed by atoms with van der Waals surface area (Å²) in [6.45, 7) is 0. The van der Waals surface area contributed by atoms with Crippen LogP contribution in [0.1, 0.15) is 11.1 Å². The van der Waals surface area contributed by atoms with Crippen LogP contribution in [0.5, 0.6) is 11.5 Å². The Kier molecular flexibility index (Phi) is 6.52. The van der Waals surface area contributed by atoms with Crippen molar-refractivity contribution in [2.45, 2.75) is 11.7 Å². The average Bonchev–Trinajstić information content (AvgIpc) is 3.02. The molecule has 1 fully saturated rings. The highest BCUT2D eigenvalue weighted by Crippen LogP contribution is 2.27.